The van der Waals surface area contributed by atoms with Gasteiger partial charge in [0.15, 0.2) is 11.5 Å². The van der Waals surface area contributed by atoms with Crippen LogP contribution in [0.15, 0.2) is 36.4 Å². The van der Waals surface area contributed by atoms with Crippen LogP contribution in [0.4, 0.5) is 11.4 Å². The van der Waals surface area contributed by atoms with Gasteiger partial charge in [-0.3, -0.25) is 14.9 Å². The number of fused-ring (bicyclic) bond motifs is 1. The van der Waals surface area contributed by atoms with Crippen LogP contribution in [-0.4, -0.2) is 24.0 Å². The fourth-order valence-electron chi connectivity index (χ4n) is 2.52. The van der Waals surface area contributed by atoms with Crippen molar-refractivity contribution in [3.63, 3.8) is 0 Å². The van der Waals surface area contributed by atoms with Crippen LogP contribution in [0, 0.1) is 10.1 Å². The smallest absolute Gasteiger partial charge is 0.270 e. The van der Waals surface area contributed by atoms with Gasteiger partial charge in [-0.15, -0.1) is 0 Å². The zero-order valence-corrected chi connectivity index (χ0v) is 13.4. The van der Waals surface area contributed by atoms with Crippen molar-refractivity contribution in [2.45, 2.75) is 13.0 Å². The van der Waals surface area contributed by atoms with Gasteiger partial charge in [-0.1, -0.05) is 6.07 Å². The van der Waals surface area contributed by atoms with Gasteiger partial charge in [-0.25, -0.2) is 0 Å². The average Bonchev–Trinajstić information content (AvgIpc) is 2.84. The normalized spacial score (nSPS) is 13.0. The van der Waals surface area contributed by atoms with Crippen LogP contribution < -0.4 is 20.5 Å². The van der Waals surface area contributed by atoms with Crippen molar-refractivity contribution in [3.05, 3.63) is 57.6 Å². The first-order valence-electron chi connectivity index (χ1n) is 7.75. The Bertz CT molecular complexity index is 822. The molecule has 0 radical (unpaired) electrons. The number of ether oxygens (including phenoxy) is 2. The number of anilines is 1. The maximum Gasteiger partial charge on any atom is 0.270 e. The van der Waals surface area contributed by atoms with Gasteiger partial charge in [0, 0.05) is 30.8 Å². The van der Waals surface area contributed by atoms with Crippen LogP contribution in [-0.2, 0) is 6.54 Å². The predicted octanol–water partition coefficient (Wildman–Crippen LogP) is 2.47. The number of primary amides is 1. The van der Waals surface area contributed by atoms with Crippen LogP contribution in [0.3, 0.4) is 0 Å². The molecular weight excluding hydrogens is 326 g/mol. The molecule has 2 aromatic rings. The van der Waals surface area contributed by atoms with Gasteiger partial charge >= 0.3 is 0 Å². The molecule has 0 fully saturated rings. The number of hydrogen-bond donors (Lipinski definition) is 2. The molecule has 0 saturated heterocycles. The van der Waals surface area contributed by atoms with Crippen molar-refractivity contribution < 1.29 is 19.2 Å². The lowest BCUT2D eigenvalue weighted by Crippen LogP contribution is -2.15. The predicted molar refractivity (Wildman–Crippen MR) is 91.0 cm³/mol. The Morgan fingerprint density at radius 3 is 2.64 bits per heavy atom. The molecule has 3 rings (SSSR count). The van der Waals surface area contributed by atoms with Crippen LogP contribution in [0.2, 0.25) is 0 Å². The summed E-state index contributed by atoms with van der Waals surface area (Å²) in [7, 11) is 0. The molecule has 1 aliphatic heterocycles. The van der Waals surface area contributed by atoms with E-state index in [1.807, 2.05) is 18.2 Å². The molecule has 0 saturated carbocycles. The number of hydrogen-bond acceptors (Lipinski definition) is 6. The molecular formula is C17H17N3O5. The quantitative estimate of drug-likeness (QED) is 0.636. The topological polar surface area (TPSA) is 117 Å². The van der Waals surface area contributed by atoms with Crippen molar-refractivity contribution in [2.75, 3.05) is 18.5 Å². The third kappa shape index (κ3) is 3.79. The van der Waals surface area contributed by atoms with E-state index in [1.165, 1.54) is 18.2 Å². The molecule has 0 spiro atoms. The Hall–Kier alpha value is -3.29. The number of nitro benzene ring substituents is 1. The number of rotatable bonds is 5. The second-order valence-corrected chi connectivity index (χ2v) is 5.54. The SMILES string of the molecule is NC(=O)c1cc([N+](=O)[O-])ccc1NCc1ccc2c(c1)OCCCO2. The maximum atomic E-state index is 11.6. The maximum absolute atomic E-state index is 11.6. The first-order chi connectivity index (χ1) is 12.0. The van der Waals surface area contributed by atoms with Crippen molar-refractivity contribution in [1.82, 2.24) is 0 Å². The molecule has 1 amide bonds. The van der Waals surface area contributed by atoms with E-state index in [2.05, 4.69) is 5.32 Å². The van der Waals surface area contributed by atoms with Crippen LogP contribution in [0.5, 0.6) is 11.5 Å². The number of nitrogens with two attached hydrogens (primary N) is 1. The minimum Gasteiger partial charge on any atom is -0.490 e. The Balaban J connectivity index is 1.78. The highest BCUT2D eigenvalue weighted by atomic mass is 16.6. The molecule has 1 heterocycles. The molecule has 1 aliphatic rings. The highest BCUT2D eigenvalue weighted by Gasteiger charge is 2.15. The zero-order chi connectivity index (χ0) is 17.8. The Morgan fingerprint density at radius 2 is 1.92 bits per heavy atom. The van der Waals surface area contributed by atoms with Crippen LogP contribution in [0.25, 0.3) is 0 Å². The van der Waals surface area contributed by atoms with Gasteiger partial charge in [-0.05, 0) is 23.8 Å². The Morgan fingerprint density at radius 1 is 1.16 bits per heavy atom. The molecule has 0 aliphatic carbocycles. The van der Waals surface area contributed by atoms with E-state index in [0.29, 0.717) is 36.9 Å². The highest BCUT2D eigenvalue weighted by Crippen LogP contribution is 2.31. The number of nitrogens with one attached hydrogen (secondary N) is 1. The minimum atomic E-state index is -0.732. The molecule has 3 N–H and O–H groups in total. The van der Waals surface area contributed by atoms with Crippen molar-refractivity contribution in [2.24, 2.45) is 5.73 Å². The summed E-state index contributed by atoms with van der Waals surface area (Å²) in [5, 5.41) is 13.9. The standard InChI is InChI=1S/C17H17N3O5/c18-17(21)13-9-12(20(22)23)3-4-14(13)19-10-11-2-5-15-16(8-11)25-7-1-6-24-15/h2-5,8-9,19H,1,6-7,10H2,(H2,18,21). The number of non-ortho nitro benzene ring substituents is 1. The number of benzene rings is 2. The first-order valence-corrected chi connectivity index (χ1v) is 7.75. The summed E-state index contributed by atoms with van der Waals surface area (Å²) < 4.78 is 11.2. The van der Waals surface area contributed by atoms with Crippen molar-refractivity contribution in [1.29, 1.82) is 0 Å². The number of carbonyl (C=O) groups is 1. The van der Waals surface area contributed by atoms with Gasteiger partial charge in [0.25, 0.3) is 11.6 Å². The summed E-state index contributed by atoms with van der Waals surface area (Å²) in [4.78, 5) is 21.8. The summed E-state index contributed by atoms with van der Waals surface area (Å²) in [5.41, 5.74) is 6.56. The zero-order valence-electron chi connectivity index (χ0n) is 13.4. The summed E-state index contributed by atoms with van der Waals surface area (Å²) in [6.07, 6.45) is 0.826. The molecule has 0 unspecified atom stereocenters. The Labute approximate surface area is 143 Å². The largest absolute Gasteiger partial charge is 0.490 e. The van der Waals surface area contributed by atoms with E-state index < -0.39 is 10.8 Å². The third-order valence-electron chi connectivity index (χ3n) is 3.77. The lowest BCUT2D eigenvalue weighted by molar-refractivity contribution is -0.384. The number of amides is 1. The van der Waals surface area contributed by atoms with Crippen LogP contribution in [0.1, 0.15) is 22.3 Å². The lowest BCUT2D eigenvalue weighted by Gasteiger charge is -2.12. The molecule has 25 heavy (non-hydrogen) atoms. The average molecular weight is 343 g/mol. The van der Waals surface area contributed by atoms with Gasteiger partial charge in [0.1, 0.15) is 0 Å². The summed E-state index contributed by atoms with van der Waals surface area (Å²) >= 11 is 0. The minimum absolute atomic E-state index is 0.0727. The van der Waals surface area contributed by atoms with Gasteiger partial charge in [0.05, 0.1) is 23.7 Å². The number of carbonyl (C=O) groups excluding carboxylic acids is 1. The molecule has 130 valence electrons. The van der Waals surface area contributed by atoms with E-state index >= 15 is 0 Å². The summed E-state index contributed by atoms with van der Waals surface area (Å²) in [6, 6.07) is 9.55. The van der Waals surface area contributed by atoms with Gasteiger partial charge in [-0.2, -0.15) is 0 Å². The number of nitrogens with zero attached hydrogens (tertiary/aromatic N) is 1. The second kappa shape index (κ2) is 7.08. The number of nitro groups is 1. The van der Waals surface area contributed by atoms with Crippen molar-refractivity contribution >= 4 is 17.3 Å². The first kappa shape index (κ1) is 16.6. The van der Waals surface area contributed by atoms with Gasteiger partial charge < -0.3 is 20.5 Å². The van der Waals surface area contributed by atoms with E-state index in [4.69, 9.17) is 15.2 Å². The molecule has 0 bridgehead atoms. The second-order valence-electron chi connectivity index (χ2n) is 5.54. The van der Waals surface area contributed by atoms with Crippen molar-refractivity contribution in [3.8, 4) is 11.5 Å². The van der Waals surface area contributed by atoms with E-state index in [-0.39, 0.29) is 11.3 Å². The Kier molecular flexibility index (Phi) is 4.69. The fourth-order valence-corrected chi connectivity index (χ4v) is 2.52. The molecule has 2 aromatic carbocycles. The van der Waals surface area contributed by atoms with E-state index in [1.54, 1.807) is 0 Å². The van der Waals surface area contributed by atoms with Gasteiger partial charge in [0.2, 0.25) is 0 Å². The van der Waals surface area contributed by atoms with E-state index in [9.17, 15) is 14.9 Å². The summed E-state index contributed by atoms with van der Waals surface area (Å²) in [6.45, 7) is 1.61. The van der Waals surface area contributed by atoms with E-state index in [0.717, 1.165) is 12.0 Å². The summed E-state index contributed by atoms with van der Waals surface area (Å²) in [5.74, 6) is 0.648. The lowest BCUT2D eigenvalue weighted by atomic mass is 10.1. The molecule has 8 heteroatoms. The molecule has 0 aromatic heterocycles. The fraction of sp³-hybridized carbons (Fsp3) is 0.235. The third-order valence-corrected chi connectivity index (χ3v) is 3.77. The molecule has 8 nitrogen and oxygen atoms in total. The monoisotopic (exact) mass is 343 g/mol. The highest BCUT2D eigenvalue weighted by molar-refractivity contribution is 5.99. The van der Waals surface area contributed by atoms with Crippen LogP contribution >= 0.6 is 0 Å². The molecule has 0 atom stereocenters.